The summed E-state index contributed by atoms with van der Waals surface area (Å²) in [5, 5.41) is 0. The number of halogens is 5. The first-order valence-corrected chi connectivity index (χ1v) is 13.2. The van der Waals surface area contributed by atoms with E-state index in [-0.39, 0.29) is 0 Å². The van der Waals surface area contributed by atoms with E-state index in [0.717, 1.165) is 31.1 Å². The monoisotopic (exact) mass is 484 g/mol. The number of hydrogen-bond acceptors (Lipinski definition) is 1. The lowest BCUT2D eigenvalue weighted by Gasteiger charge is -2.39. The Kier molecular flexibility index (Phi) is 8.24. The molecular formula is C28H37F5O. The minimum Gasteiger partial charge on any atom is -0.432 e. The summed E-state index contributed by atoms with van der Waals surface area (Å²) in [5.41, 5.74) is 1.64. The Morgan fingerprint density at radius 2 is 1.50 bits per heavy atom. The molecule has 6 heteroatoms. The van der Waals surface area contributed by atoms with Crippen LogP contribution in [0.3, 0.4) is 0 Å². The lowest BCUT2D eigenvalue weighted by atomic mass is 9.68. The highest BCUT2D eigenvalue weighted by Gasteiger charge is 2.45. The number of allylic oxidation sites excluding steroid dienone is 2. The molecule has 0 bridgehead atoms. The topological polar surface area (TPSA) is 9.23 Å². The van der Waals surface area contributed by atoms with Crippen LogP contribution in [0.2, 0.25) is 0 Å². The Bertz CT molecular complexity index is 827. The first kappa shape index (κ1) is 25.5. The van der Waals surface area contributed by atoms with Gasteiger partial charge in [0.05, 0.1) is 5.92 Å². The zero-order chi connectivity index (χ0) is 24.3. The van der Waals surface area contributed by atoms with Gasteiger partial charge in [0.15, 0.2) is 17.5 Å². The fraction of sp³-hybridized carbons (Fsp3) is 0.714. The molecule has 0 spiro atoms. The van der Waals surface area contributed by atoms with Crippen molar-refractivity contribution in [3.8, 4) is 5.75 Å². The van der Waals surface area contributed by atoms with Gasteiger partial charge in [0.1, 0.15) is 5.75 Å². The van der Waals surface area contributed by atoms with Crippen molar-refractivity contribution in [2.24, 2.45) is 29.6 Å². The molecule has 0 saturated heterocycles. The maximum atomic E-state index is 14.7. The zero-order valence-corrected chi connectivity index (χ0v) is 20.1. The fourth-order valence-electron chi connectivity index (χ4n) is 6.66. The van der Waals surface area contributed by atoms with Gasteiger partial charge in [0.2, 0.25) is 0 Å². The minimum absolute atomic E-state index is 0.318. The van der Waals surface area contributed by atoms with Crippen LogP contribution in [0.5, 0.6) is 5.75 Å². The number of benzene rings is 1. The molecule has 3 aliphatic rings. The summed E-state index contributed by atoms with van der Waals surface area (Å²) in [5.74, 6) is -3.79. The van der Waals surface area contributed by atoms with E-state index in [1.807, 2.05) is 0 Å². The van der Waals surface area contributed by atoms with Gasteiger partial charge in [-0.05, 0) is 94.3 Å². The number of rotatable bonds is 7. The number of hydrogen-bond donors (Lipinski definition) is 0. The fourth-order valence-corrected chi connectivity index (χ4v) is 6.66. The SMILES string of the molecule is CCCC1CCC(C2=CCC(C3CCC(C(F)(F)Oc4cc(F)c(F)c(F)c4)CC3)CC2)CC1. The quantitative estimate of drug-likeness (QED) is 0.213. The second-order valence-electron chi connectivity index (χ2n) is 10.8. The predicted molar refractivity (Wildman–Crippen MR) is 123 cm³/mol. The van der Waals surface area contributed by atoms with Crippen LogP contribution in [0.25, 0.3) is 0 Å². The largest absolute Gasteiger partial charge is 0.432 e. The summed E-state index contributed by atoms with van der Waals surface area (Å²) >= 11 is 0. The Labute approximate surface area is 200 Å². The van der Waals surface area contributed by atoms with Gasteiger partial charge in [-0.1, -0.05) is 31.4 Å². The Morgan fingerprint density at radius 1 is 0.853 bits per heavy atom. The Morgan fingerprint density at radius 3 is 2.06 bits per heavy atom. The van der Waals surface area contributed by atoms with Gasteiger partial charge in [-0.25, -0.2) is 13.2 Å². The highest BCUT2D eigenvalue weighted by molar-refractivity contribution is 5.25. The summed E-state index contributed by atoms with van der Waals surface area (Å²) in [6.07, 6.45) is 12.3. The van der Waals surface area contributed by atoms with Crippen LogP contribution < -0.4 is 4.74 Å². The summed E-state index contributed by atoms with van der Waals surface area (Å²) in [6, 6.07) is 0.945. The van der Waals surface area contributed by atoms with Crippen LogP contribution in [-0.4, -0.2) is 6.11 Å². The Hall–Kier alpha value is -1.59. The van der Waals surface area contributed by atoms with Gasteiger partial charge in [0, 0.05) is 12.1 Å². The standard InChI is InChI=1S/C28H37F5O/c1-2-3-18-4-6-19(7-5-18)20-8-10-21(11-9-20)22-12-14-23(15-13-22)28(32,33)34-24-16-25(29)27(31)26(30)17-24/h8,16-19,21-23H,2-7,9-15H2,1H3. The van der Waals surface area contributed by atoms with Gasteiger partial charge in [-0.2, -0.15) is 8.78 Å². The van der Waals surface area contributed by atoms with Crippen LogP contribution in [0, 0.1) is 47.0 Å². The molecule has 1 aromatic carbocycles. The predicted octanol–water partition coefficient (Wildman–Crippen LogP) is 9.21. The van der Waals surface area contributed by atoms with Crippen molar-refractivity contribution in [1.29, 1.82) is 0 Å². The third-order valence-corrected chi connectivity index (χ3v) is 8.68. The van der Waals surface area contributed by atoms with E-state index in [9.17, 15) is 22.0 Å². The van der Waals surface area contributed by atoms with Gasteiger partial charge in [0.25, 0.3) is 0 Å². The van der Waals surface area contributed by atoms with Crippen molar-refractivity contribution in [3.63, 3.8) is 0 Å². The number of ether oxygens (including phenoxy) is 1. The van der Waals surface area contributed by atoms with E-state index in [2.05, 4.69) is 17.7 Å². The molecule has 0 aliphatic heterocycles. The third-order valence-electron chi connectivity index (χ3n) is 8.68. The maximum Gasteiger partial charge on any atom is 0.400 e. The molecule has 0 aromatic heterocycles. The van der Waals surface area contributed by atoms with E-state index in [4.69, 9.17) is 0 Å². The first-order valence-electron chi connectivity index (χ1n) is 13.2. The van der Waals surface area contributed by atoms with E-state index in [1.54, 1.807) is 5.57 Å². The van der Waals surface area contributed by atoms with Crippen molar-refractivity contribution < 1.29 is 26.7 Å². The van der Waals surface area contributed by atoms with E-state index < -0.39 is 35.2 Å². The van der Waals surface area contributed by atoms with Gasteiger partial charge in [-0.15, -0.1) is 0 Å². The molecule has 2 fully saturated rings. The summed E-state index contributed by atoms with van der Waals surface area (Å²) < 4.78 is 73.9. The second-order valence-corrected chi connectivity index (χ2v) is 10.8. The molecule has 34 heavy (non-hydrogen) atoms. The minimum atomic E-state index is -3.54. The van der Waals surface area contributed by atoms with Crippen molar-refractivity contribution >= 4 is 0 Å². The average molecular weight is 485 g/mol. The van der Waals surface area contributed by atoms with Crippen molar-refractivity contribution in [2.45, 2.75) is 96.5 Å². The lowest BCUT2D eigenvalue weighted by Crippen LogP contribution is -2.38. The molecule has 1 nitrogen and oxygen atoms in total. The summed E-state index contributed by atoms with van der Waals surface area (Å²) in [6.45, 7) is 2.27. The Balaban J connectivity index is 1.25. The highest BCUT2D eigenvalue weighted by atomic mass is 19.3. The van der Waals surface area contributed by atoms with Crippen molar-refractivity contribution in [3.05, 3.63) is 41.2 Å². The zero-order valence-electron chi connectivity index (χ0n) is 20.1. The molecule has 1 unspecified atom stereocenters. The number of alkyl halides is 2. The summed E-state index contributed by atoms with van der Waals surface area (Å²) in [4.78, 5) is 0. The smallest absolute Gasteiger partial charge is 0.400 e. The molecule has 1 aromatic rings. The van der Waals surface area contributed by atoms with Crippen molar-refractivity contribution in [2.75, 3.05) is 0 Å². The van der Waals surface area contributed by atoms with Crippen LogP contribution >= 0.6 is 0 Å². The molecule has 0 amide bonds. The lowest BCUT2D eigenvalue weighted by molar-refractivity contribution is -0.224. The molecule has 190 valence electrons. The molecule has 0 N–H and O–H groups in total. The van der Waals surface area contributed by atoms with Crippen LogP contribution in [0.1, 0.15) is 90.4 Å². The van der Waals surface area contributed by atoms with Crippen LogP contribution in [0.4, 0.5) is 22.0 Å². The molecule has 0 radical (unpaired) electrons. The van der Waals surface area contributed by atoms with E-state index in [0.29, 0.717) is 49.7 Å². The molecule has 1 atom stereocenters. The van der Waals surface area contributed by atoms with Crippen molar-refractivity contribution in [1.82, 2.24) is 0 Å². The van der Waals surface area contributed by atoms with Crippen LogP contribution in [0.15, 0.2) is 23.8 Å². The van der Waals surface area contributed by atoms with Crippen LogP contribution in [-0.2, 0) is 0 Å². The van der Waals surface area contributed by atoms with Gasteiger partial charge < -0.3 is 4.74 Å². The van der Waals surface area contributed by atoms with Gasteiger partial charge in [-0.3, -0.25) is 0 Å². The van der Waals surface area contributed by atoms with E-state index in [1.165, 1.54) is 38.5 Å². The molecule has 4 rings (SSSR count). The highest BCUT2D eigenvalue weighted by Crippen LogP contribution is 2.46. The third kappa shape index (κ3) is 5.96. The van der Waals surface area contributed by atoms with Gasteiger partial charge >= 0.3 is 6.11 Å². The summed E-state index contributed by atoms with van der Waals surface area (Å²) in [7, 11) is 0. The maximum absolute atomic E-state index is 14.7. The normalized spacial score (nSPS) is 30.6. The molecule has 2 saturated carbocycles. The molecule has 3 aliphatic carbocycles. The second kappa shape index (κ2) is 11.0. The first-order chi connectivity index (χ1) is 16.3. The molecular weight excluding hydrogens is 447 g/mol. The van der Waals surface area contributed by atoms with E-state index >= 15 is 0 Å². The average Bonchev–Trinajstić information content (AvgIpc) is 2.83. The molecule has 0 heterocycles.